The number of nitrogens with zero attached hydrogens (tertiary/aromatic N) is 2. The van der Waals surface area contributed by atoms with Crippen molar-refractivity contribution in [3.05, 3.63) is 29.3 Å². The summed E-state index contributed by atoms with van der Waals surface area (Å²) in [5.41, 5.74) is 0.800. The van der Waals surface area contributed by atoms with Gasteiger partial charge in [-0.1, -0.05) is 78.5 Å². The summed E-state index contributed by atoms with van der Waals surface area (Å²) < 4.78 is 0. The predicted octanol–water partition coefficient (Wildman–Crippen LogP) is 4.13. The van der Waals surface area contributed by atoms with Crippen LogP contribution in [-0.2, 0) is 9.59 Å². The fourth-order valence-corrected chi connectivity index (χ4v) is 3.17. The van der Waals surface area contributed by atoms with Crippen molar-refractivity contribution >= 4 is 63.1 Å². The first-order chi connectivity index (χ1) is 12.3. The van der Waals surface area contributed by atoms with Crippen LogP contribution in [0.15, 0.2) is 24.3 Å². The minimum atomic E-state index is -1.25. The molecule has 10 heteroatoms. The quantitative estimate of drug-likeness (QED) is 0.640. The Labute approximate surface area is 170 Å². The first-order valence-corrected chi connectivity index (χ1v) is 9.87. The molecule has 1 heterocycles. The highest BCUT2D eigenvalue weighted by Crippen LogP contribution is 2.28. The Bertz CT molecular complexity index is 784. The van der Waals surface area contributed by atoms with Crippen molar-refractivity contribution in [1.82, 2.24) is 15.5 Å². The highest BCUT2D eigenvalue weighted by atomic mass is 35.5. The van der Waals surface area contributed by atoms with E-state index in [-0.39, 0.29) is 5.92 Å². The molecule has 2 N–H and O–H groups in total. The molecule has 2 amide bonds. The molecule has 2 aromatic rings. The van der Waals surface area contributed by atoms with Crippen LogP contribution in [0, 0.1) is 5.92 Å². The molecule has 0 bridgehead atoms. The number of aromatic nitrogens is 2. The van der Waals surface area contributed by atoms with Gasteiger partial charge in [-0.2, -0.15) is 0 Å². The van der Waals surface area contributed by atoms with Crippen molar-refractivity contribution in [2.45, 2.75) is 31.1 Å². The minimum absolute atomic E-state index is 0.119. The number of amides is 2. The molecule has 1 aromatic heterocycles. The summed E-state index contributed by atoms with van der Waals surface area (Å²) in [7, 11) is 0. The zero-order chi connectivity index (χ0) is 19.3. The van der Waals surface area contributed by atoms with Crippen LogP contribution in [0.4, 0.5) is 5.13 Å². The van der Waals surface area contributed by atoms with Gasteiger partial charge < -0.3 is 5.32 Å². The number of hydrogen-bond donors (Lipinski definition) is 2. The summed E-state index contributed by atoms with van der Waals surface area (Å²) in [6.45, 7) is 3.76. The van der Waals surface area contributed by atoms with Crippen molar-refractivity contribution in [3.8, 4) is 10.6 Å². The van der Waals surface area contributed by atoms with Crippen molar-refractivity contribution in [1.29, 1.82) is 0 Å². The lowest BCUT2D eigenvalue weighted by Gasteiger charge is -2.23. The van der Waals surface area contributed by atoms with Gasteiger partial charge in [-0.25, -0.2) is 0 Å². The van der Waals surface area contributed by atoms with Crippen LogP contribution in [0.3, 0.4) is 0 Å². The zero-order valence-electron chi connectivity index (χ0n) is 14.0. The van der Waals surface area contributed by atoms with Crippen LogP contribution in [0.5, 0.6) is 0 Å². The number of anilines is 1. The molecule has 0 aliphatic rings. The van der Waals surface area contributed by atoms with Gasteiger partial charge in [-0.3, -0.25) is 14.9 Å². The zero-order valence-corrected chi connectivity index (χ0v) is 17.1. The van der Waals surface area contributed by atoms with Crippen molar-refractivity contribution < 1.29 is 9.59 Å². The summed E-state index contributed by atoms with van der Waals surface area (Å²) in [6, 6.07) is 6.39. The number of alkyl halides is 2. The van der Waals surface area contributed by atoms with E-state index in [0.29, 0.717) is 21.6 Å². The first kappa shape index (κ1) is 20.9. The molecule has 2 atom stereocenters. The van der Waals surface area contributed by atoms with Gasteiger partial charge >= 0.3 is 0 Å². The molecule has 0 aliphatic heterocycles. The molecule has 6 nitrogen and oxygen atoms in total. The molecule has 26 heavy (non-hydrogen) atoms. The van der Waals surface area contributed by atoms with E-state index in [2.05, 4.69) is 20.8 Å². The highest BCUT2D eigenvalue weighted by Gasteiger charge is 2.28. The molecular formula is C16H17Cl3N4O2S. The molecule has 0 aliphatic carbocycles. The average molecular weight is 436 g/mol. The lowest BCUT2D eigenvalue weighted by atomic mass is 9.98. The van der Waals surface area contributed by atoms with E-state index in [9.17, 15) is 9.59 Å². The van der Waals surface area contributed by atoms with Gasteiger partial charge in [-0.15, -0.1) is 10.2 Å². The van der Waals surface area contributed by atoms with Crippen LogP contribution < -0.4 is 10.6 Å². The molecule has 0 radical (unpaired) electrons. The summed E-state index contributed by atoms with van der Waals surface area (Å²) in [5.74, 6) is -1.15. The van der Waals surface area contributed by atoms with Gasteiger partial charge in [0.25, 0.3) is 5.91 Å². The van der Waals surface area contributed by atoms with Crippen LogP contribution in [-0.4, -0.2) is 32.9 Å². The van der Waals surface area contributed by atoms with Gasteiger partial charge in [0, 0.05) is 10.6 Å². The van der Waals surface area contributed by atoms with Gasteiger partial charge in [-0.05, 0) is 18.1 Å². The van der Waals surface area contributed by atoms with E-state index < -0.39 is 22.7 Å². The fourth-order valence-electron chi connectivity index (χ4n) is 2.11. The normalized spacial score (nSPS) is 13.3. The Kier molecular flexibility index (Phi) is 7.64. The molecule has 2 rings (SSSR count). The fraction of sp³-hybridized carbons (Fsp3) is 0.375. The number of carbonyl (C=O) groups excluding carboxylic acids is 2. The number of carbonyl (C=O) groups is 2. The summed E-state index contributed by atoms with van der Waals surface area (Å²) in [5, 5.41) is 14.8. The van der Waals surface area contributed by atoms with Crippen molar-refractivity contribution in [2.24, 2.45) is 5.92 Å². The van der Waals surface area contributed by atoms with Crippen LogP contribution in [0.2, 0.25) is 5.02 Å². The molecule has 0 fully saturated rings. The molecule has 140 valence electrons. The topological polar surface area (TPSA) is 84.0 Å². The lowest BCUT2D eigenvalue weighted by Crippen LogP contribution is -2.49. The standard InChI is InChI=1S/C16H17Cl3N4O2S/c1-3-8(2)11(20-14(25)12(18)19)13(24)21-16-23-22-15(26-16)9-5-4-6-10(17)7-9/h4-8,11-12H,3H2,1-2H3,(H,20,25)(H,21,23,24). The smallest absolute Gasteiger partial charge is 0.253 e. The van der Waals surface area contributed by atoms with E-state index in [1.54, 1.807) is 18.2 Å². The monoisotopic (exact) mass is 434 g/mol. The molecule has 0 spiro atoms. The third-order valence-electron chi connectivity index (χ3n) is 3.72. The third kappa shape index (κ3) is 5.54. The Morgan fingerprint density at radius 2 is 1.96 bits per heavy atom. The molecule has 0 saturated carbocycles. The Hall–Kier alpha value is -1.41. The van der Waals surface area contributed by atoms with Crippen molar-refractivity contribution in [3.63, 3.8) is 0 Å². The highest BCUT2D eigenvalue weighted by molar-refractivity contribution is 7.18. The van der Waals surface area contributed by atoms with E-state index in [1.807, 2.05) is 19.9 Å². The minimum Gasteiger partial charge on any atom is -0.342 e. The number of rotatable bonds is 7. The Balaban J connectivity index is 2.12. The van der Waals surface area contributed by atoms with Crippen LogP contribution >= 0.6 is 46.1 Å². The van der Waals surface area contributed by atoms with Crippen LogP contribution in [0.1, 0.15) is 20.3 Å². The second-order valence-corrected chi connectivity index (χ2v) is 8.09. The van der Waals surface area contributed by atoms with Gasteiger partial charge in [0.2, 0.25) is 11.0 Å². The van der Waals surface area contributed by atoms with Gasteiger partial charge in [0.1, 0.15) is 11.0 Å². The second kappa shape index (κ2) is 9.50. The summed E-state index contributed by atoms with van der Waals surface area (Å²) in [6.07, 6.45) is 0.678. The average Bonchev–Trinajstić information content (AvgIpc) is 3.07. The predicted molar refractivity (Wildman–Crippen MR) is 106 cm³/mol. The maximum Gasteiger partial charge on any atom is 0.253 e. The number of hydrogen-bond acceptors (Lipinski definition) is 5. The van der Waals surface area contributed by atoms with E-state index in [1.165, 1.54) is 11.3 Å². The lowest BCUT2D eigenvalue weighted by molar-refractivity contribution is -0.126. The van der Waals surface area contributed by atoms with Gasteiger partial charge in [0.15, 0.2) is 4.84 Å². The summed E-state index contributed by atoms with van der Waals surface area (Å²) >= 11 is 18.3. The Morgan fingerprint density at radius 1 is 1.23 bits per heavy atom. The number of halogens is 3. The summed E-state index contributed by atoms with van der Waals surface area (Å²) in [4.78, 5) is 23.1. The largest absolute Gasteiger partial charge is 0.342 e. The molecule has 1 aromatic carbocycles. The first-order valence-electron chi connectivity index (χ1n) is 7.80. The number of nitrogens with one attached hydrogen (secondary N) is 2. The Morgan fingerprint density at radius 3 is 2.58 bits per heavy atom. The maximum absolute atomic E-state index is 12.6. The molecule has 2 unspecified atom stereocenters. The molecular weight excluding hydrogens is 419 g/mol. The molecule has 0 saturated heterocycles. The van der Waals surface area contributed by atoms with Crippen LogP contribution in [0.25, 0.3) is 10.6 Å². The number of benzene rings is 1. The van der Waals surface area contributed by atoms with E-state index in [0.717, 1.165) is 5.56 Å². The van der Waals surface area contributed by atoms with E-state index in [4.69, 9.17) is 34.8 Å². The maximum atomic E-state index is 12.6. The van der Waals surface area contributed by atoms with E-state index >= 15 is 0 Å². The SMILES string of the molecule is CCC(C)C(NC(=O)C(Cl)Cl)C(=O)Nc1nnc(-c2cccc(Cl)c2)s1. The van der Waals surface area contributed by atoms with Crippen molar-refractivity contribution in [2.75, 3.05) is 5.32 Å². The van der Waals surface area contributed by atoms with Gasteiger partial charge in [0.05, 0.1) is 0 Å². The third-order valence-corrected chi connectivity index (χ3v) is 5.24. The second-order valence-electron chi connectivity index (χ2n) is 5.58.